The van der Waals surface area contributed by atoms with Gasteiger partial charge in [-0.25, -0.2) is 8.78 Å². The molecule has 0 spiro atoms. The van der Waals surface area contributed by atoms with Gasteiger partial charge in [-0.05, 0) is 0 Å². The molecule has 1 rings (SSSR count). The molecular weight excluding hydrogens is 268 g/mol. The number of carbonyl (C=O) groups is 1. The maximum Gasteiger partial charge on any atom is 0.256 e. The summed E-state index contributed by atoms with van der Waals surface area (Å²) in [4.78, 5) is 11.3. The molecule has 0 saturated carbocycles. The molecule has 1 amide bonds. The highest BCUT2D eigenvalue weighted by molar-refractivity contribution is 6.31. The third-order valence-corrected chi connectivity index (χ3v) is 2.07. The van der Waals surface area contributed by atoms with Crippen molar-refractivity contribution in [2.75, 3.05) is 0 Å². The molecule has 0 aliphatic heterocycles. The summed E-state index contributed by atoms with van der Waals surface area (Å²) in [6.45, 7) is 2.23. The highest BCUT2D eigenvalue weighted by Gasteiger charge is 2.20. The number of halogens is 3. The highest BCUT2D eigenvalue weighted by Crippen LogP contribution is 2.34. The normalized spacial score (nSPS) is 13.8. The van der Waals surface area contributed by atoms with Gasteiger partial charge in [-0.2, -0.15) is 0 Å². The Kier molecular flexibility index (Phi) is 4.72. The fraction of sp³-hybridized carbons (Fsp3) is 0.364. The molecular formula is C11H12ClF2NO3. The summed E-state index contributed by atoms with van der Waals surface area (Å²) in [6, 6.07) is 2.40. The topological polar surface area (TPSA) is 61.6 Å². The van der Waals surface area contributed by atoms with Crippen LogP contribution in [0.1, 0.15) is 24.2 Å². The molecule has 1 aromatic rings. The van der Waals surface area contributed by atoms with E-state index in [0.29, 0.717) is 0 Å². The van der Waals surface area contributed by atoms with Crippen molar-refractivity contribution in [3.05, 3.63) is 22.7 Å². The summed E-state index contributed by atoms with van der Waals surface area (Å²) >= 11 is 5.74. The summed E-state index contributed by atoms with van der Waals surface area (Å²) in [5.74, 6) is -1.32. The highest BCUT2D eigenvalue weighted by atomic mass is 35.5. The molecule has 0 aliphatic carbocycles. The molecule has 0 aromatic heterocycles. The zero-order valence-electron chi connectivity index (χ0n) is 9.75. The van der Waals surface area contributed by atoms with Crippen LogP contribution in [0.3, 0.4) is 0 Å². The number of amides is 1. The Morgan fingerprint density at radius 2 is 1.61 bits per heavy atom. The number of benzene rings is 1. The minimum absolute atomic E-state index is 0.103. The number of ether oxygens (including phenoxy) is 2. The van der Waals surface area contributed by atoms with Crippen LogP contribution in [-0.4, -0.2) is 18.6 Å². The molecule has 2 N–H and O–H groups in total. The molecule has 0 radical (unpaired) electrons. The van der Waals surface area contributed by atoms with Gasteiger partial charge in [0, 0.05) is 31.0 Å². The largest absolute Gasteiger partial charge is 0.460 e. The van der Waals surface area contributed by atoms with E-state index in [2.05, 4.69) is 0 Å². The number of primary amides is 1. The van der Waals surface area contributed by atoms with E-state index in [9.17, 15) is 13.6 Å². The molecule has 0 heterocycles. The van der Waals surface area contributed by atoms with Crippen molar-refractivity contribution in [3.63, 3.8) is 0 Å². The van der Waals surface area contributed by atoms with Gasteiger partial charge in [-0.1, -0.05) is 11.6 Å². The van der Waals surface area contributed by atoms with Crippen molar-refractivity contribution in [1.29, 1.82) is 0 Å². The minimum atomic E-state index is -1.68. The van der Waals surface area contributed by atoms with Crippen LogP contribution in [0.4, 0.5) is 8.78 Å². The smallest absolute Gasteiger partial charge is 0.256 e. The van der Waals surface area contributed by atoms with Gasteiger partial charge >= 0.3 is 0 Å². The first-order valence-corrected chi connectivity index (χ1v) is 5.44. The van der Waals surface area contributed by atoms with Gasteiger partial charge in [0.1, 0.15) is 17.1 Å². The van der Waals surface area contributed by atoms with Crippen LogP contribution < -0.4 is 15.2 Å². The Labute approximate surface area is 108 Å². The molecule has 4 nitrogen and oxygen atoms in total. The Morgan fingerprint density at radius 3 is 1.89 bits per heavy atom. The summed E-state index contributed by atoms with van der Waals surface area (Å²) in [6.07, 6.45) is -3.37. The quantitative estimate of drug-likeness (QED) is 0.901. The van der Waals surface area contributed by atoms with Gasteiger partial charge in [-0.15, -0.1) is 0 Å². The predicted octanol–water partition coefficient (Wildman–Crippen LogP) is 2.83. The molecule has 2 atom stereocenters. The van der Waals surface area contributed by atoms with Crippen LogP contribution in [0.5, 0.6) is 11.5 Å². The fourth-order valence-corrected chi connectivity index (χ4v) is 1.53. The van der Waals surface area contributed by atoms with Crippen LogP contribution in [-0.2, 0) is 0 Å². The fourth-order valence-electron chi connectivity index (χ4n) is 1.34. The Hall–Kier alpha value is -1.56. The van der Waals surface area contributed by atoms with E-state index < -0.39 is 18.6 Å². The van der Waals surface area contributed by atoms with Crippen LogP contribution in [0.25, 0.3) is 0 Å². The third kappa shape index (κ3) is 3.73. The maximum atomic E-state index is 12.8. The standard InChI is InChI=1S/C11H12ClF2NO3/c1-5(13)17-8-3-7(12)4-9(18-6(2)14)10(8)11(15)16/h3-6H,1-2H3,(H2,15,16). The van der Waals surface area contributed by atoms with Gasteiger partial charge in [-0.3, -0.25) is 4.79 Å². The minimum Gasteiger partial charge on any atom is -0.460 e. The van der Waals surface area contributed by atoms with Crippen LogP contribution in [0.2, 0.25) is 5.02 Å². The van der Waals surface area contributed by atoms with E-state index in [1.165, 1.54) is 12.1 Å². The first kappa shape index (κ1) is 14.5. The third-order valence-electron chi connectivity index (χ3n) is 1.86. The number of alkyl halides is 2. The first-order valence-electron chi connectivity index (χ1n) is 5.06. The van der Waals surface area contributed by atoms with Gasteiger partial charge in [0.05, 0.1) is 0 Å². The number of hydrogen-bond acceptors (Lipinski definition) is 3. The second-order valence-corrected chi connectivity index (χ2v) is 3.90. The Bertz CT molecular complexity index is 421. The Morgan fingerprint density at radius 1 is 1.22 bits per heavy atom. The molecule has 0 fully saturated rings. The number of hydrogen-bond donors (Lipinski definition) is 1. The molecule has 18 heavy (non-hydrogen) atoms. The molecule has 0 aliphatic rings. The first-order chi connectivity index (χ1) is 8.31. The lowest BCUT2D eigenvalue weighted by molar-refractivity contribution is 0.0741. The van der Waals surface area contributed by atoms with Crippen molar-refractivity contribution >= 4 is 17.5 Å². The molecule has 0 saturated heterocycles. The summed E-state index contributed by atoms with van der Waals surface area (Å²) in [7, 11) is 0. The van der Waals surface area contributed by atoms with Crippen molar-refractivity contribution in [3.8, 4) is 11.5 Å². The summed E-state index contributed by atoms with van der Waals surface area (Å²) in [5, 5.41) is 0.103. The Balaban J connectivity index is 3.31. The SMILES string of the molecule is CC(F)Oc1cc(Cl)cc(OC(C)F)c1C(N)=O. The molecule has 2 unspecified atom stereocenters. The van der Waals surface area contributed by atoms with Gasteiger partial charge in [0.15, 0.2) is 0 Å². The van der Waals surface area contributed by atoms with Crippen molar-refractivity contribution in [1.82, 2.24) is 0 Å². The van der Waals surface area contributed by atoms with E-state index >= 15 is 0 Å². The zero-order chi connectivity index (χ0) is 13.9. The average Bonchev–Trinajstić information content (AvgIpc) is 2.12. The van der Waals surface area contributed by atoms with E-state index in [-0.39, 0.29) is 22.1 Å². The van der Waals surface area contributed by atoms with E-state index in [1.54, 1.807) is 0 Å². The van der Waals surface area contributed by atoms with Crippen molar-refractivity contribution in [2.24, 2.45) is 5.73 Å². The number of rotatable bonds is 5. The van der Waals surface area contributed by atoms with Gasteiger partial charge in [0.25, 0.3) is 5.91 Å². The summed E-state index contributed by atoms with van der Waals surface area (Å²) in [5.41, 5.74) is 4.87. The van der Waals surface area contributed by atoms with Crippen LogP contribution in [0, 0.1) is 0 Å². The average molecular weight is 280 g/mol. The number of carbonyl (C=O) groups excluding carboxylic acids is 1. The lowest BCUT2D eigenvalue weighted by atomic mass is 10.1. The summed E-state index contributed by atoms with van der Waals surface area (Å²) < 4.78 is 35.2. The number of nitrogens with two attached hydrogens (primary N) is 1. The lowest BCUT2D eigenvalue weighted by Crippen LogP contribution is -2.18. The van der Waals surface area contributed by atoms with E-state index in [4.69, 9.17) is 26.8 Å². The predicted molar refractivity (Wildman–Crippen MR) is 62.4 cm³/mol. The monoisotopic (exact) mass is 279 g/mol. The molecule has 1 aromatic carbocycles. The van der Waals surface area contributed by atoms with Crippen LogP contribution >= 0.6 is 11.6 Å². The molecule has 100 valence electrons. The lowest BCUT2D eigenvalue weighted by Gasteiger charge is -2.16. The maximum absolute atomic E-state index is 12.8. The second-order valence-electron chi connectivity index (χ2n) is 3.46. The van der Waals surface area contributed by atoms with Crippen LogP contribution in [0.15, 0.2) is 12.1 Å². The van der Waals surface area contributed by atoms with Gasteiger partial charge in [0.2, 0.25) is 12.7 Å². The van der Waals surface area contributed by atoms with Crippen molar-refractivity contribution < 1.29 is 23.0 Å². The molecule has 0 bridgehead atoms. The van der Waals surface area contributed by atoms with Gasteiger partial charge < -0.3 is 15.2 Å². The van der Waals surface area contributed by atoms with Crippen molar-refractivity contribution in [2.45, 2.75) is 26.6 Å². The second kappa shape index (κ2) is 5.86. The van der Waals surface area contributed by atoms with E-state index in [1.807, 2.05) is 0 Å². The zero-order valence-corrected chi connectivity index (χ0v) is 10.5. The molecule has 7 heteroatoms. The van der Waals surface area contributed by atoms with E-state index in [0.717, 1.165) is 13.8 Å².